The van der Waals surface area contributed by atoms with Crippen LogP contribution in [0.3, 0.4) is 0 Å². The van der Waals surface area contributed by atoms with Gasteiger partial charge in [0, 0.05) is 56.4 Å². The van der Waals surface area contributed by atoms with E-state index < -0.39 is 0 Å². The second kappa shape index (κ2) is 10.9. The molecule has 0 bridgehead atoms. The lowest BCUT2D eigenvalue weighted by molar-refractivity contribution is 0.446. The summed E-state index contributed by atoms with van der Waals surface area (Å²) in [5, 5.41) is 0. The average molecular weight is 483 g/mol. The first-order valence-electron chi connectivity index (χ1n) is 12.5. The Morgan fingerprint density at radius 1 is 0.667 bits per heavy atom. The van der Waals surface area contributed by atoms with Gasteiger partial charge in [-0.3, -0.25) is 0 Å². The highest BCUT2D eigenvalue weighted by Crippen LogP contribution is 2.41. The molecule has 36 heavy (non-hydrogen) atoms. The second-order valence-corrected chi connectivity index (χ2v) is 10.8. The average Bonchev–Trinajstić information content (AvgIpc) is 2.84. The molecule has 0 spiro atoms. The summed E-state index contributed by atoms with van der Waals surface area (Å²) in [4.78, 5) is 4.22. The first kappa shape index (κ1) is 26.9. The number of rotatable bonds is 4. The van der Waals surface area contributed by atoms with Crippen LogP contribution in [0.1, 0.15) is 38.3 Å². The molecule has 0 aromatic heterocycles. The fourth-order valence-electron chi connectivity index (χ4n) is 4.46. The van der Waals surface area contributed by atoms with Gasteiger partial charge in [0.05, 0.1) is 0 Å². The van der Waals surface area contributed by atoms with Crippen LogP contribution < -0.4 is 21.3 Å². The fourth-order valence-corrected chi connectivity index (χ4v) is 4.46. The third kappa shape index (κ3) is 6.31. The van der Waals surface area contributed by atoms with E-state index in [0.717, 1.165) is 23.4 Å². The van der Waals surface area contributed by atoms with Crippen LogP contribution in [0.15, 0.2) is 84.1 Å². The molecule has 0 saturated heterocycles. The molecule has 0 fully saturated rings. The maximum Gasteiger partial charge on any atom is 0.0361 e. The van der Waals surface area contributed by atoms with Crippen molar-refractivity contribution in [1.82, 2.24) is 0 Å². The molecule has 0 radical (unpaired) electrons. The molecule has 0 amide bonds. The summed E-state index contributed by atoms with van der Waals surface area (Å²) >= 11 is 0. The maximum atomic E-state index is 6.17. The summed E-state index contributed by atoms with van der Waals surface area (Å²) in [5.74, 6) is 0. The third-order valence-electron chi connectivity index (χ3n) is 6.92. The smallest absolute Gasteiger partial charge is 0.0361 e. The van der Waals surface area contributed by atoms with Crippen molar-refractivity contribution in [3.05, 3.63) is 95.2 Å². The number of benzene rings is 3. The molecule has 190 valence electrons. The standard InChI is InChI=1S/C16H20N2.C16H22N2/c1-17(2)15-9-5-13(6-10-15)14-7-11-16(12-8-14)18(3)4;1-10-7-12(5-6-14(10)17)13-8-11(2)15(18)16(3,4)9-13/h5-12H,1-4H3;5-8H,9,17-18H2,1-4H3. The number of nitrogens with two attached hydrogens (primary N) is 2. The highest BCUT2D eigenvalue weighted by atomic mass is 15.1. The molecule has 4 rings (SSSR count). The summed E-state index contributed by atoms with van der Waals surface area (Å²) in [6.07, 6.45) is 3.17. The summed E-state index contributed by atoms with van der Waals surface area (Å²) in [6.45, 7) is 8.52. The van der Waals surface area contributed by atoms with Gasteiger partial charge in [-0.05, 0) is 90.1 Å². The number of allylic oxidation sites excluding steroid dienone is 4. The van der Waals surface area contributed by atoms with Gasteiger partial charge in [-0.15, -0.1) is 0 Å². The van der Waals surface area contributed by atoms with Crippen LogP contribution in [0.4, 0.5) is 17.1 Å². The maximum absolute atomic E-state index is 6.17. The van der Waals surface area contributed by atoms with Crippen molar-refractivity contribution in [3.8, 4) is 11.1 Å². The van der Waals surface area contributed by atoms with Crippen molar-refractivity contribution < 1.29 is 0 Å². The van der Waals surface area contributed by atoms with E-state index in [1.807, 2.05) is 13.0 Å². The van der Waals surface area contributed by atoms with E-state index in [1.165, 1.54) is 39.2 Å². The van der Waals surface area contributed by atoms with Gasteiger partial charge in [-0.25, -0.2) is 0 Å². The van der Waals surface area contributed by atoms with Crippen LogP contribution in [-0.4, -0.2) is 28.2 Å². The van der Waals surface area contributed by atoms with E-state index >= 15 is 0 Å². The number of aryl methyl sites for hydroxylation is 1. The molecule has 4 heteroatoms. The van der Waals surface area contributed by atoms with Gasteiger partial charge in [0.1, 0.15) is 0 Å². The van der Waals surface area contributed by atoms with Crippen molar-refractivity contribution in [2.75, 3.05) is 43.7 Å². The van der Waals surface area contributed by atoms with Crippen molar-refractivity contribution in [2.24, 2.45) is 11.1 Å². The Balaban J connectivity index is 0.000000201. The van der Waals surface area contributed by atoms with Crippen molar-refractivity contribution in [3.63, 3.8) is 0 Å². The summed E-state index contributed by atoms with van der Waals surface area (Å²) in [7, 11) is 8.23. The third-order valence-corrected chi connectivity index (χ3v) is 6.92. The van der Waals surface area contributed by atoms with E-state index in [1.54, 1.807) is 0 Å². The lowest BCUT2D eigenvalue weighted by atomic mass is 9.75. The minimum absolute atomic E-state index is 0.0312. The lowest BCUT2D eigenvalue weighted by Crippen LogP contribution is -2.25. The largest absolute Gasteiger partial charge is 0.401 e. The predicted molar refractivity (Wildman–Crippen MR) is 159 cm³/mol. The van der Waals surface area contributed by atoms with Gasteiger partial charge < -0.3 is 21.3 Å². The van der Waals surface area contributed by atoms with E-state index in [-0.39, 0.29) is 5.41 Å². The molecule has 4 N–H and O–H groups in total. The molecule has 4 nitrogen and oxygen atoms in total. The topological polar surface area (TPSA) is 58.5 Å². The molecule has 0 aliphatic heterocycles. The van der Waals surface area contributed by atoms with Crippen molar-refractivity contribution in [2.45, 2.75) is 34.1 Å². The molecule has 0 unspecified atom stereocenters. The van der Waals surface area contributed by atoms with Crippen LogP contribution >= 0.6 is 0 Å². The van der Waals surface area contributed by atoms with Crippen LogP contribution in [0.2, 0.25) is 0 Å². The van der Waals surface area contributed by atoms with Crippen LogP contribution in [0, 0.1) is 12.3 Å². The zero-order valence-electron chi connectivity index (χ0n) is 23.2. The van der Waals surface area contributed by atoms with Gasteiger partial charge in [0.2, 0.25) is 0 Å². The summed E-state index contributed by atoms with van der Waals surface area (Å²) in [6, 6.07) is 23.5. The van der Waals surface area contributed by atoms with Gasteiger partial charge in [-0.2, -0.15) is 0 Å². The van der Waals surface area contributed by atoms with Gasteiger partial charge >= 0.3 is 0 Å². The SMILES string of the molecule is CC1=C(N)C(C)(C)CC(c2ccc(N)c(C)c2)=C1.CN(C)c1ccc(-c2ccc(N(C)C)cc2)cc1. The van der Waals surface area contributed by atoms with E-state index in [4.69, 9.17) is 11.5 Å². The van der Waals surface area contributed by atoms with Crippen molar-refractivity contribution in [1.29, 1.82) is 0 Å². The molecule has 1 aliphatic rings. The Morgan fingerprint density at radius 2 is 1.11 bits per heavy atom. The monoisotopic (exact) mass is 482 g/mol. The number of nitrogens with zero attached hydrogens (tertiary/aromatic N) is 2. The predicted octanol–water partition coefficient (Wildman–Crippen LogP) is 7.11. The molecular formula is C32H42N4. The molecule has 1 aliphatic carbocycles. The molecule has 0 heterocycles. The highest BCUT2D eigenvalue weighted by molar-refractivity contribution is 5.73. The molecular weight excluding hydrogens is 440 g/mol. The molecule has 0 atom stereocenters. The number of nitrogen functional groups attached to an aromatic ring is 1. The Labute approximate surface area is 217 Å². The van der Waals surface area contributed by atoms with Gasteiger partial charge in [0.25, 0.3) is 0 Å². The quantitative estimate of drug-likeness (QED) is 0.389. The van der Waals surface area contributed by atoms with E-state index in [2.05, 4.69) is 126 Å². The number of anilines is 3. The molecule has 0 saturated carbocycles. The zero-order valence-corrected chi connectivity index (χ0v) is 23.2. The molecule has 3 aromatic carbocycles. The van der Waals surface area contributed by atoms with Crippen LogP contribution in [0.5, 0.6) is 0 Å². The summed E-state index contributed by atoms with van der Waals surface area (Å²) in [5.41, 5.74) is 23.8. The van der Waals surface area contributed by atoms with Crippen LogP contribution in [0.25, 0.3) is 16.7 Å². The fraction of sp³-hybridized carbons (Fsp3) is 0.312. The lowest BCUT2D eigenvalue weighted by Gasteiger charge is -2.32. The Morgan fingerprint density at radius 3 is 1.50 bits per heavy atom. The minimum Gasteiger partial charge on any atom is -0.401 e. The Hall–Kier alpha value is -3.66. The first-order valence-corrected chi connectivity index (χ1v) is 12.5. The highest BCUT2D eigenvalue weighted by Gasteiger charge is 2.28. The second-order valence-electron chi connectivity index (χ2n) is 10.8. The normalized spacial score (nSPS) is 14.5. The van der Waals surface area contributed by atoms with E-state index in [0.29, 0.717) is 0 Å². The van der Waals surface area contributed by atoms with Crippen LogP contribution in [-0.2, 0) is 0 Å². The minimum atomic E-state index is 0.0312. The number of hydrogen-bond donors (Lipinski definition) is 2. The Bertz CT molecular complexity index is 1190. The van der Waals surface area contributed by atoms with E-state index in [9.17, 15) is 0 Å². The Kier molecular flexibility index (Phi) is 8.19. The van der Waals surface area contributed by atoms with Gasteiger partial charge in [-0.1, -0.05) is 50.3 Å². The zero-order chi connectivity index (χ0) is 26.6. The first-order chi connectivity index (χ1) is 16.9. The molecule has 3 aromatic rings. The van der Waals surface area contributed by atoms with Gasteiger partial charge in [0.15, 0.2) is 0 Å². The van der Waals surface area contributed by atoms with Crippen molar-refractivity contribution >= 4 is 22.6 Å². The summed E-state index contributed by atoms with van der Waals surface area (Å²) < 4.78 is 0. The number of hydrogen-bond acceptors (Lipinski definition) is 4.